The van der Waals surface area contributed by atoms with E-state index in [-0.39, 0.29) is 17.0 Å². The van der Waals surface area contributed by atoms with Gasteiger partial charge in [-0.1, -0.05) is 36.4 Å². The summed E-state index contributed by atoms with van der Waals surface area (Å²) in [7, 11) is 0. The van der Waals surface area contributed by atoms with Gasteiger partial charge in [0.25, 0.3) is 5.91 Å². The summed E-state index contributed by atoms with van der Waals surface area (Å²) in [4.78, 5) is 42.0. The first-order chi connectivity index (χ1) is 13.5. The fourth-order valence-electron chi connectivity index (χ4n) is 3.52. The molecule has 1 aliphatic rings. The standard InChI is InChI=1S/C22H20N2O4/c1-14(21(26)24-11-10-15-6-2-3-7-16(15)13-24)28-22(27)19-12-20(25)17-8-4-5-9-18(17)23-19/h2-9,12,14H,10-11,13H2,1H3,(H,23,25)/t14-/m0/s1. The summed E-state index contributed by atoms with van der Waals surface area (Å²) >= 11 is 0. The molecule has 0 radical (unpaired) electrons. The van der Waals surface area contributed by atoms with E-state index >= 15 is 0 Å². The van der Waals surface area contributed by atoms with E-state index in [1.165, 1.54) is 11.6 Å². The minimum atomic E-state index is -0.937. The molecule has 28 heavy (non-hydrogen) atoms. The molecule has 0 bridgehead atoms. The van der Waals surface area contributed by atoms with Crippen molar-refractivity contribution in [2.45, 2.75) is 26.0 Å². The zero-order valence-corrected chi connectivity index (χ0v) is 15.5. The van der Waals surface area contributed by atoms with Crippen molar-refractivity contribution in [3.63, 3.8) is 0 Å². The van der Waals surface area contributed by atoms with Crippen molar-refractivity contribution in [3.05, 3.63) is 81.6 Å². The Hall–Kier alpha value is -3.41. The first kappa shape index (κ1) is 18.0. The Bertz CT molecular complexity index is 1120. The molecule has 0 saturated heterocycles. The van der Waals surface area contributed by atoms with Crippen LogP contribution in [0.5, 0.6) is 0 Å². The van der Waals surface area contributed by atoms with Gasteiger partial charge in [-0.3, -0.25) is 9.59 Å². The molecule has 1 atom stereocenters. The van der Waals surface area contributed by atoms with Crippen molar-refractivity contribution < 1.29 is 14.3 Å². The Morgan fingerprint density at radius 2 is 1.79 bits per heavy atom. The van der Waals surface area contributed by atoms with Crippen LogP contribution in [0.15, 0.2) is 59.4 Å². The van der Waals surface area contributed by atoms with Gasteiger partial charge in [-0.25, -0.2) is 4.79 Å². The van der Waals surface area contributed by atoms with Crippen LogP contribution in [0.4, 0.5) is 0 Å². The van der Waals surface area contributed by atoms with E-state index in [0.29, 0.717) is 24.0 Å². The van der Waals surface area contributed by atoms with Gasteiger partial charge in [0.15, 0.2) is 11.5 Å². The summed E-state index contributed by atoms with van der Waals surface area (Å²) in [6.07, 6.45) is -0.159. The fraction of sp³-hybridized carbons (Fsp3) is 0.227. The zero-order valence-electron chi connectivity index (χ0n) is 15.5. The van der Waals surface area contributed by atoms with Gasteiger partial charge in [-0.05, 0) is 36.6 Å². The number of aromatic nitrogens is 1. The number of hydrogen-bond acceptors (Lipinski definition) is 4. The number of ether oxygens (including phenoxy) is 1. The molecule has 0 unspecified atom stereocenters. The van der Waals surface area contributed by atoms with Crippen LogP contribution >= 0.6 is 0 Å². The van der Waals surface area contributed by atoms with E-state index in [4.69, 9.17) is 4.74 Å². The number of para-hydroxylation sites is 1. The topological polar surface area (TPSA) is 79.5 Å². The normalized spacial score (nSPS) is 14.4. The molecule has 0 fully saturated rings. The van der Waals surface area contributed by atoms with E-state index in [0.717, 1.165) is 12.0 Å². The maximum absolute atomic E-state index is 12.7. The number of hydrogen-bond donors (Lipinski definition) is 1. The van der Waals surface area contributed by atoms with Gasteiger partial charge >= 0.3 is 5.97 Å². The monoisotopic (exact) mass is 376 g/mol. The SMILES string of the molecule is C[C@H](OC(=O)c1cc(=O)c2ccccc2[nH]1)C(=O)N1CCc2ccccc2C1. The number of nitrogens with zero attached hydrogens (tertiary/aromatic N) is 1. The number of esters is 1. The van der Waals surface area contributed by atoms with Crippen molar-refractivity contribution in [1.82, 2.24) is 9.88 Å². The molecule has 0 saturated carbocycles. The third kappa shape index (κ3) is 3.41. The summed E-state index contributed by atoms with van der Waals surface area (Å²) in [6, 6.07) is 16.1. The molecule has 1 N–H and O–H groups in total. The Kier molecular flexibility index (Phi) is 4.69. The zero-order chi connectivity index (χ0) is 19.7. The lowest BCUT2D eigenvalue weighted by molar-refractivity contribution is -0.140. The third-order valence-corrected chi connectivity index (χ3v) is 5.03. The van der Waals surface area contributed by atoms with Gasteiger partial charge in [0.05, 0.1) is 0 Å². The Balaban J connectivity index is 1.47. The number of H-pyrrole nitrogens is 1. The van der Waals surface area contributed by atoms with Gasteiger partial charge in [-0.2, -0.15) is 0 Å². The quantitative estimate of drug-likeness (QED) is 0.713. The summed E-state index contributed by atoms with van der Waals surface area (Å²) in [6.45, 7) is 2.65. The minimum Gasteiger partial charge on any atom is -0.448 e. The smallest absolute Gasteiger partial charge is 0.355 e. The molecule has 1 aromatic heterocycles. The van der Waals surface area contributed by atoms with E-state index in [1.54, 1.807) is 36.1 Å². The third-order valence-electron chi connectivity index (χ3n) is 5.03. The minimum absolute atomic E-state index is 0.0346. The maximum atomic E-state index is 12.7. The van der Waals surface area contributed by atoms with Crippen molar-refractivity contribution >= 4 is 22.8 Å². The number of carbonyl (C=O) groups is 2. The van der Waals surface area contributed by atoms with Crippen LogP contribution < -0.4 is 5.43 Å². The number of fused-ring (bicyclic) bond motifs is 2. The van der Waals surface area contributed by atoms with Crippen LogP contribution in [-0.2, 0) is 22.5 Å². The number of benzene rings is 2. The van der Waals surface area contributed by atoms with Gasteiger partial charge in [0.1, 0.15) is 5.69 Å². The molecule has 6 nitrogen and oxygen atoms in total. The first-order valence-corrected chi connectivity index (χ1v) is 9.21. The summed E-state index contributed by atoms with van der Waals surface area (Å²) in [5.41, 5.74) is 2.67. The van der Waals surface area contributed by atoms with Crippen LogP contribution in [0.25, 0.3) is 10.9 Å². The number of pyridine rings is 1. The number of nitrogens with one attached hydrogen (secondary N) is 1. The Morgan fingerprint density at radius 1 is 1.07 bits per heavy atom. The molecule has 0 spiro atoms. The molecule has 4 rings (SSSR count). The molecule has 1 amide bonds. The molecular weight excluding hydrogens is 356 g/mol. The van der Waals surface area contributed by atoms with Crippen molar-refractivity contribution in [2.24, 2.45) is 0 Å². The predicted molar refractivity (Wildman–Crippen MR) is 105 cm³/mol. The van der Waals surface area contributed by atoms with Crippen molar-refractivity contribution in [1.29, 1.82) is 0 Å². The Labute approximate surface area is 161 Å². The van der Waals surface area contributed by atoms with Crippen LogP contribution in [0.3, 0.4) is 0 Å². The van der Waals surface area contributed by atoms with Crippen LogP contribution in [-0.4, -0.2) is 34.4 Å². The maximum Gasteiger partial charge on any atom is 0.355 e. The second-order valence-electron chi connectivity index (χ2n) is 6.92. The van der Waals surface area contributed by atoms with Crippen LogP contribution in [0.1, 0.15) is 28.5 Å². The number of amides is 1. The summed E-state index contributed by atoms with van der Waals surface area (Å²) in [5, 5.41) is 0.496. The molecule has 2 aromatic carbocycles. The van der Waals surface area contributed by atoms with Gasteiger partial charge in [0.2, 0.25) is 0 Å². The van der Waals surface area contributed by atoms with Gasteiger partial charge in [-0.15, -0.1) is 0 Å². The average Bonchev–Trinajstić information content (AvgIpc) is 2.72. The van der Waals surface area contributed by atoms with Gasteiger partial charge < -0.3 is 14.6 Å². The molecule has 1 aliphatic heterocycles. The highest BCUT2D eigenvalue weighted by Gasteiger charge is 2.27. The average molecular weight is 376 g/mol. The molecule has 2 heterocycles. The molecule has 6 heteroatoms. The van der Waals surface area contributed by atoms with E-state index < -0.39 is 12.1 Å². The lowest BCUT2D eigenvalue weighted by Gasteiger charge is -2.30. The number of aromatic amines is 1. The molecule has 3 aromatic rings. The second-order valence-corrected chi connectivity index (χ2v) is 6.92. The lowest BCUT2D eigenvalue weighted by atomic mass is 9.99. The van der Waals surface area contributed by atoms with Crippen molar-refractivity contribution in [2.75, 3.05) is 6.54 Å². The van der Waals surface area contributed by atoms with E-state index in [1.807, 2.05) is 18.2 Å². The second kappa shape index (κ2) is 7.31. The number of carbonyl (C=O) groups excluding carboxylic acids is 2. The predicted octanol–water partition coefficient (Wildman–Crippen LogP) is 2.66. The highest BCUT2D eigenvalue weighted by molar-refractivity contribution is 5.93. The fourth-order valence-corrected chi connectivity index (χ4v) is 3.52. The molecule has 142 valence electrons. The first-order valence-electron chi connectivity index (χ1n) is 9.21. The Morgan fingerprint density at radius 3 is 2.61 bits per heavy atom. The largest absolute Gasteiger partial charge is 0.448 e. The lowest BCUT2D eigenvalue weighted by Crippen LogP contribution is -2.42. The van der Waals surface area contributed by atoms with Crippen LogP contribution in [0.2, 0.25) is 0 Å². The van der Waals surface area contributed by atoms with Gasteiger partial charge in [0, 0.05) is 30.1 Å². The summed E-state index contributed by atoms with van der Waals surface area (Å²) in [5.74, 6) is -0.966. The highest BCUT2D eigenvalue weighted by atomic mass is 16.5. The number of rotatable bonds is 3. The van der Waals surface area contributed by atoms with Crippen molar-refractivity contribution in [3.8, 4) is 0 Å². The van der Waals surface area contributed by atoms with E-state index in [2.05, 4.69) is 11.1 Å². The van der Waals surface area contributed by atoms with Crippen LogP contribution in [0, 0.1) is 0 Å². The highest BCUT2D eigenvalue weighted by Crippen LogP contribution is 2.19. The molecule has 0 aliphatic carbocycles. The molecular formula is C22H20N2O4. The summed E-state index contributed by atoms with van der Waals surface area (Å²) < 4.78 is 5.34. The van der Waals surface area contributed by atoms with E-state index in [9.17, 15) is 14.4 Å².